The third-order valence-electron chi connectivity index (χ3n) is 4.30. The van der Waals surface area contributed by atoms with Crippen molar-refractivity contribution in [1.82, 2.24) is 19.9 Å². The SMILES string of the molecule is Cc1cc(C(=O)Nc2cnn(CC3CCCO3)c2)c2c(C)noc2n1. The number of rotatable bonds is 4. The highest BCUT2D eigenvalue weighted by Gasteiger charge is 2.19. The van der Waals surface area contributed by atoms with Crippen molar-refractivity contribution in [2.75, 3.05) is 11.9 Å². The molecule has 8 heteroatoms. The monoisotopic (exact) mass is 341 g/mol. The Balaban J connectivity index is 1.54. The summed E-state index contributed by atoms with van der Waals surface area (Å²) >= 11 is 0. The molecule has 0 aromatic carbocycles. The Hall–Kier alpha value is -2.74. The van der Waals surface area contributed by atoms with Crippen molar-refractivity contribution in [3.8, 4) is 0 Å². The zero-order valence-corrected chi connectivity index (χ0v) is 14.2. The second kappa shape index (κ2) is 6.29. The summed E-state index contributed by atoms with van der Waals surface area (Å²) < 4.78 is 12.6. The van der Waals surface area contributed by atoms with Crippen LogP contribution in [0, 0.1) is 13.8 Å². The molecule has 25 heavy (non-hydrogen) atoms. The number of aryl methyl sites for hydroxylation is 2. The number of ether oxygens (including phenoxy) is 1. The van der Waals surface area contributed by atoms with E-state index in [1.807, 2.05) is 13.1 Å². The molecule has 4 rings (SSSR count). The molecule has 0 saturated carbocycles. The number of fused-ring (bicyclic) bond motifs is 1. The van der Waals surface area contributed by atoms with Gasteiger partial charge in [0.2, 0.25) is 0 Å². The van der Waals surface area contributed by atoms with E-state index in [0.29, 0.717) is 40.3 Å². The minimum absolute atomic E-state index is 0.200. The number of carbonyl (C=O) groups excluding carboxylic acids is 1. The lowest BCUT2D eigenvalue weighted by atomic mass is 10.1. The highest BCUT2D eigenvalue weighted by molar-refractivity contribution is 6.12. The van der Waals surface area contributed by atoms with Crippen molar-refractivity contribution >= 4 is 22.7 Å². The molecule has 4 heterocycles. The van der Waals surface area contributed by atoms with Gasteiger partial charge in [-0.25, -0.2) is 4.98 Å². The molecular formula is C17H19N5O3. The molecule has 1 fully saturated rings. The van der Waals surface area contributed by atoms with E-state index >= 15 is 0 Å². The van der Waals surface area contributed by atoms with Gasteiger partial charge in [0.25, 0.3) is 11.6 Å². The fraction of sp³-hybridized carbons (Fsp3) is 0.412. The molecule has 0 bridgehead atoms. The van der Waals surface area contributed by atoms with Gasteiger partial charge in [0.05, 0.1) is 41.2 Å². The smallest absolute Gasteiger partial charge is 0.258 e. The first-order valence-electron chi connectivity index (χ1n) is 8.29. The van der Waals surface area contributed by atoms with Crippen LogP contribution in [0.1, 0.15) is 34.6 Å². The van der Waals surface area contributed by atoms with Crippen molar-refractivity contribution in [2.24, 2.45) is 0 Å². The number of pyridine rings is 1. The largest absolute Gasteiger partial charge is 0.376 e. The van der Waals surface area contributed by atoms with Crippen molar-refractivity contribution in [3.05, 3.63) is 35.4 Å². The molecule has 8 nitrogen and oxygen atoms in total. The number of carbonyl (C=O) groups is 1. The average molecular weight is 341 g/mol. The van der Waals surface area contributed by atoms with E-state index in [-0.39, 0.29) is 12.0 Å². The van der Waals surface area contributed by atoms with E-state index < -0.39 is 0 Å². The van der Waals surface area contributed by atoms with E-state index in [2.05, 4.69) is 20.6 Å². The van der Waals surface area contributed by atoms with E-state index in [1.54, 1.807) is 23.9 Å². The molecule has 1 aliphatic rings. The quantitative estimate of drug-likeness (QED) is 0.783. The van der Waals surface area contributed by atoms with Gasteiger partial charge in [-0.15, -0.1) is 0 Å². The topological polar surface area (TPSA) is 95.1 Å². The van der Waals surface area contributed by atoms with Gasteiger partial charge in [-0.2, -0.15) is 5.10 Å². The summed E-state index contributed by atoms with van der Waals surface area (Å²) in [6, 6.07) is 1.73. The lowest BCUT2D eigenvalue weighted by molar-refractivity contribution is 0.0940. The summed E-state index contributed by atoms with van der Waals surface area (Å²) in [6.07, 6.45) is 5.78. The van der Waals surface area contributed by atoms with Crippen LogP contribution in [0.25, 0.3) is 11.1 Å². The molecule has 1 amide bonds. The second-order valence-corrected chi connectivity index (χ2v) is 6.30. The fourth-order valence-electron chi connectivity index (χ4n) is 3.12. The van der Waals surface area contributed by atoms with Gasteiger partial charge in [0.1, 0.15) is 0 Å². The fourth-order valence-corrected chi connectivity index (χ4v) is 3.12. The Labute approximate surface area is 144 Å². The Kier molecular flexibility index (Phi) is 3.96. The van der Waals surface area contributed by atoms with Gasteiger partial charge in [-0.1, -0.05) is 5.16 Å². The van der Waals surface area contributed by atoms with Crippen LogP contribution in [0.3, 0.4) is 0 Å². The number of amides is 1. The standard InChI is InChI=1S/C17H19N5O3/c1-10-6-14(15-11(2)21-25-17(15)19-10)16(23)20-12-7-18-22(8-12)9-13-4-3-5-24-13/h6-8,13H,3-5,9H2,1-2H3,(H,20,23). The van der Waals surface area contributed by atoms with Crippen LogP contribution >= 0.6 is 0 Å². The van der Waals surface area contributed by atoms with Crippen LogP contribution in [-0.4, -0.2) is 38.5 Å². The minimum Gasteiger partial charge on any atom is -0.376 e. The molecule has 1 saturated heterocycles. The molecular weight excluding hydrogens is 322 g/mol. The lowest BCUT2D eigenvalue weighted by Gasteiger charge is -2.08. The Morgan fingerprint density at radius 2 is 2.32 bits per heavy atom. The second-order valence-electron chi connectivity index (χ2n) is 6.30. The molecule has 3 aromatic heterocycles. The predicted octanol–water partition coefficient (Wildman–Crippen LogP) is 2.47. The summed E-state index contributed by atoms with van der Waals surface area (Å²) in [5, 5.41) is 11.7. The Morgan fingerprint density at radius 1 is 1.44 bits per heavy atom. The molecule has 130 valence electrons. The van der Waals surface area contributed by atoms with Crippen molar-refractivity contribution < 1.29 is 14.1 Å². The third-order valence-corrected chi connectivity index (χ3v) is 4.30. The molecule has 1 aliphatic heterocycles. The number of nitrogens with one attached hydrogen (secondary N) is 1. The van der Waals surface area contributed by atoms with Crippen LogP contribution in [0.15, 0.2) is 23.0 Å². The van der Waals surface area contributed by atoms with Gasteiger partial charge < -0.3 is 14.6 Å². The predicted molar refractivity (Wildman–Crippen MR) is 90.4 cm³/mol. The number of hydrogen-bond donors (Lipinski definition) is 1. The van der Waals surface area contributed by atoms with Gasteiger partial charge in [0.15, 0.2) is 0 Å². The maximum absolute atomic E-state index is 12.7. The van der Waals surface area contributed by atoms with E-state index in [0.717, 1.165) is 19.4 Å². The molecule has 1 unspecified atom stereocenters. The summed E-state index contributed by atoms with van der Waals surface area (Å²) in [4.78, 5) is 17.0. The Bertz CT molecular complexity index is 924. The van der Waals surface area contributed by atoms with E-state index in [9.17, 15) is 4.79 Å². The summed E-state index contributed by atoms with van der Waals surface area (Å²) in [5.74, 6) is -0.238. The zero-order chi connectivity index (χ0) is 17.4. The number of hydrogen-bond acceptors (Lipinski definition) is 6. The van der Waals surface area contributed by atoms with Crippen LogP contribution in [0.5, 0.6) is 0 Å². The van der Waals surface area contributed by atoms with Gasteiger partial charge in [0, 0.05) is 18.5 Å². The highest BCUT2D eigenvalue weighted by atomic mass is 16.5. The van der Waals surface area contributed by atoms with Gasteiger partial charge in [-0.3, -0.25) is 9.48 Å². The maximum atomic E-state index is 12.7. The molecule has 0 spiro atoms. The number of aromatic nitrogens is 4. The number of anilines is 1. The summed E-state index contributed by atoms with van der Waals surface area (Å²) in [7, 11) is 0. The van der Waals surface area contributed by atoms with Crippen LogP contribution in [0.2, 0.25) is 0 Å². The molecule has 1 N–H and O–H groups in total. The highest BCUT2D eigenvalue weighted by Crippen LogP contribution is 2.23. The zero-order valence-electron chi connectivity index (χ0n) is 14.2. The third kappa shape index (κ3) is 3.12. The van der Waals surface area contributed by atoms with Crippen molar-refractivity contribution in [1.29, 1.82) is 0 Å². The van der Waals surface area contributed by atoms with Crippen molar-refractivity contribution in [3.63, 3.8) is 0 Å². The van der Waals surface area contributed by atoms with Crippen molar-refractivity contribution in [2.45, 2.75) is 39.3 Å². The van der Waals surface area contributed by atoms with Gasteiger partial charge >= 0.3 is 0 Å². The lowest BCUT2D eigenvalue weighted by Crippen LogP contribution is -2.15. The van der Waals surface area contributed by atoms with E-state index in [4.69, 9.17) is 9.26 Å². The molecule has 3 aromatic rings. The van der Waals surface area contributed by atoms with Crippen LogP contribution < -0.4 is 5.32 Å². The normalized spacial score (nSPS) is 17.3. The van der Waals surface area contributed by atoms with Crippen LogP contribution in [0.4, 0.5) is 5.69 Å². The van der Waals surface area contributed by atoms with Gasteiger partial charge in [-0.05, 0) is 32.8 Å². The summed E-state index contributed by atoms with van der Waals surface area (Å²) in [5.41, 5.74) is 2.84. The molecule has 0 radical (unpaired) electrons. The first-order chi connectivity index (χ1) is 12.1. The minimum atomic E-state index is -0.238. The molecule has 0 aliphatic carbocycles. The molecule has 1 atom stereocenters. The summed E-state index contributed by atoms with van der Waals surface area (Å²) in [6.45, 7) is 5.11. The maximum Gasteiger partial charge on any atom is 0.258 e. The Morgan fingerprint density at radius 3 is 3.12 bits per heavy atom. The van der Waals surface area contributed by atoms with E-state index in [1.165, 1.54) is 0 Å². The first kappa shape index (κ1) is 15.8. The first-order valence-corrected chi connectivity index (χ1v) is 8.29. The average Bonchev–Trinajstić information content (AvgIpc) is 3.30. The van der Waals surface area contributed by atoms with Crippen LogP contribution in [-0.2, 0) is 11.3 Å². The number of nitrogens with zero attached hydrogens (tertiary/aromatic N) is 4.